The molecule has 0 spiro atoms. The van der Waals surface area contributed by atoms with Crippen LogP contribution in [0.4, 0.5) is 9.93 Å². The molecule has 0 bridgehead atoms. The average Bonchev–Trinajstić information content (AvgIpc) is 3.40. The molecule has 3 aromatic heterocycles. The van der Waals surface area contributed by atoms with Crippen molar-refractivity contribution in [1.29, 1.82) is 0 Å². The van der Waals surface area contributed by atoms with Gasteiger partial charge in [0.15, 0.2) is 5.13 Å². The molecule has 4 aromatic rings. The van der Waals surface area contributed by atoms with Crippen LogP contribution in [0, 0.1) is 0 Å². The standard InChI is InChI=1S/C22H16BN5O4S/c1-32-22(31)26-21-25-15-6-5-13-17(12-3-2-8-24-10-12)27-28(18(13)19(15)33-21)16-7-4-11(20(29)30)9-14(16)23/h2-4,7-10H,5-6H2,1H3,(H,29,30)(H,25,26,31). The highest BCUT2D eigenvalue weighted by molar-refractivity contribution is 7.19. The second-order valence-corrected chi connectivity index (χ2v) is 8.32. The molecule has 0 saturated carbocycles. The molecule has 0 atom stereocenters. The molecule has 5 rings (SSSR count). The maximum atomic E-state index is 11.7. The van der Waals surface area contributed by atoms with Crippen LogP contribution in [0.3, 0.4) is 0 Å². The number of aromatic nitrogens is 4. The van der Waals surface area contributed by atoms with Crippen LogP contribution in [-0.2, 0) is 17.6 Å². The van der Waals surface area contributed by atoms with Gasteiger partial charge in [-0.25, -0.2) is 19.3 Å². The molecule has 1 amide bonds. The number of carboxylic acids is 1. The monoisotopic (exact) mass is 457 g/mol. The molecule has 0 saturated heterocycles. The van der Waals surface area contributed by atoms with Crippen LogP contribution >= 0.6 is 11.3 Å². The first kappa shape index (κ1) is 20.9. The van der Waals surface area contributed by atoms with Crippen LogP contribution < -0.4 is 10.8 Å². The quantitative estimate of drug-likeness (QED) is 0.453. The predicted octanol–water partition coefficient (Wildman–Crippen LogP) is 2.83. The number of rotatable bonds is 4. The number of thiazole rings is 1. The molecule has 162 valence electrons. The zero-order chi connectivity index (χ0) is 23.1. The van der Waals surface area contributed by atoms with Crippen LogP contribution in [-0.4, -0.2) is 51.9 Å². The van der Waals surface area contributed by atoms with E-state index in [1.165, 1.54) is 30.6 Å². The number of pyridine rings is 1. The van der Waals surface area contributed by atoms with Gasteiger partial charge in [0.05, 0.1) is 40.3 Å². The summed E-state index contributed by atoms with van der Waals surface area (Å²) in [6, 6.07) is 8.32. The van der Waals surface area contributed by atoms with Gasteiger partial charge in [-0.2, -0.15) is 5.10 Å². The van der Waals surface area contributed by atoms with Gasteiger partial charge in [-0.1, -0.05) is 22.9 Å². The fourth-order valence-corrected chi connectivity index (χ4v) is 4.91. The first-order chi connectivity index (χ1) is 16.0. The van der Waals surface area contributed by atoms with E-state index >= 15 is 0 Å². The summed E-state index contributed by atoms with van der Waals surface area (Å²) in [5.74, 6) is -1.06. The number of carbonyl (C=O) groups is 2. The summed E-state index contributed by atoms with van der Waals surface area (Å²) in [4.78, 5) is 32.7. The number of aryl methyl sites for hydroxylation is 1. The molecular formula is C22H16BN5O4S. The summed E-state index contributed by atoms with van der Waals surface area (Å²) < 4.78 is 6.40. The van der Waals surface area contributed by atoms with Crippen LogP contribution in [0.25, 0.3) is 27.5 Å². The predicted molar refractivity (Wildman–Crippen MR) is 124 cm³/mol. The van der Waals surface area contributed by atoms with Crippen molar-refractivity contribution in [1.82, 2.24) is 19.7 Å². The Balaban J connectivity index is 1.72. The molecule has 1 aliphatic carbocycles. The lowest BCUT2D eigenvalue weighted by Gasteiger charge is -2.15. The Hall–Kier alpha value is -3.99. The number of aromatic carboxylic acids is 1. The minimum Gasteiger partial charge on any atom is -0.478 e. The lowest BCUT2D eigenvalue weighted by atomic mass is 9.91. The van der Waals surface area contributed by atoms with Crippen molar-refractivity contribution >= 4 is 41.8 Å². The number of methoxy groups -OCH3 is 1. The molecule has 1 aliphatic rings. The summed E-state index contributed by atoms with van der Waals surface area (Å²) in [6.07, 6.45) is 4.20. The SMILES string of the molecule is [B]c1cc(C(=O)O)ccc1-n1nc(-c2cccnc2)c2c1-c1sc(NC(=O)OC)nc1CC2. The normalized spacial score (nSPS) is 12.0. The van der Waals surface area contributed by atoms with Gasteiger partial charge < -0.3 is 9.84 Å². The second-order valence-electron chi connectivity index (χ2n) is 7.32. The Labute approximate surface area is 193 Å². The minimum absolute atomic E-state index is 0.0906. The van der Waals surface area contributed by atoms with Crippen molar-refractivity contribution < 1.29 is 19.4 Å². The van der Waals surface area contributed by atoms with Gasteiger partial charge in [-0.05, 0) is 37.1 Å². The number of nitrogens with zero attached hydrogens (tertiary/aromatic N) is 4. The molecular weight excluding hydrogens is 441 g/mol. The zero-order valence-electron chi connectivity index (χ0n) is 17.4. The minimum atomic E-state index is -1.06. The fourth-order valence-electron chi connectivity index (χ4n) is 3.85. The Bertz CT molecular complexity index is 1400. The number of carboxylic acid groups (broad SMARTS) is 1. The smallest absolute Gasteiger partial charge is 0.413 e. The van der Waals surface area contributed by atoms with Crippen molar-refractivity contribution in [2.45, 2.75) is 12.8 Å². The molecule has 0 fully saturated rings. The average molecular weight is 457 g/mol. The van der Waals surface area contributed by atoms with E-state index in [9.17, 15) is 14.7 Å². The lowest BCUT2D eigenvalue weighted by Crippen LogP contribution is -2.17. The first-order valence-corrected chi connectivity index (χ1v) is 10.8. The lowest BCUT2D eigenvalue weighted by molar-refractivity contribution is 0.0697. The Morgan fingerprint density at radius 1 is 1.27 bits per heavy atom. The third-order valence-corrected chi connectivity index (χ3v) is 6.36. The molecule has 0 aliphatic heterocycles. The molecule has 2 N–H and O–H groups in total. The van der Waals surface area contributed by atoms with Gasteiger partial charge in [0.2, 0.25) is 0 Å². The molecule has 33 heavy (non-hydrogen) atoms. The Kier molecular flexibility index (Phi) is 5.17. The third-order valence-electron chi connectivity index (χ3n) is 5.34. The van der Waals surface area contributed by atoms with Crippen molar-refractivity contribution in [3.63, 3.8) is 0 Å². The van der Waals surface area contributed by atoms with E-state index in [0.29, 0.717) is 23.7 Å². The number of ether oxygens (including phenoxy) is 1. The van der Waals surface area contributed by atoms with Crippen LogP contribution in [0.2, 0.25) is 0 Å². The van der Waals surface area contributed by atoms with Crippen LogP contribution in [0.15, 0.2) is 42.7 Å². The summed E-state index contributed by atoms with van der Waals surface area (Å²) in [5.41, 5.74) is 5.19. The summed E-state index contributed by atoms with van der Waals surface area (Å²) in [6.45, 7) is 0. The van der Waals surface area contributed by atoms with E-state index in [2.05, 4.69) is 20.0 Å². The number of anilines is 1. The van der Waals surface area contributed by atoms with Gasteiger partial charge >= 0.3 is 12.1 Å². The first-order valence-electron chi connectivity index (χ1n) is 9.96. The van der Waals surface area contributed by atoms with Crippen LogP contribution in [0.5, 0.6) is 0 Å². The number of benzene rings is 1. The Morgan fingerprint density at radius 3 is 2.82 bits per heavy atom. The summed E-state index contributed by atoms with van der Waals surface area (Å²) in [5, 5.41) is 17.2. The van der Waals surface area contributed by atoms with Gasteiger partial charge in [0.25, 0.3) is 0 Å². The zero-order valence-corrected chi connectivity index (χ0v) is 18.2. The Morgan fingerprint density at radius 2 is 2.12 bits per heavy atom. The van der Waals surface area contributed by atoms with E-state index in [4.69, 9.17) is 12.9 Å². The van der Waals surface area contributed by atoms with Crippen LogP contribution in [0.1, 0.15) is 21.6 Å². The van der Waals surface area contributed by atoms with Crippen molar-refractivity contribution in [2.24, 2.45) is 0 Å². The van der Waals surface area contributed by atoms with Gasteiger partial charge in [0, 0.05) is 23.5 Å². The van der Waals surface area contributed by atoms with Crippen molar-refractivity contribution in [2.75, 3.05) is 12.4 Å². The highest BCUT2D eigenvalue weighted by Gasteiger charge is 2.30. The molecule has 1 aromatic carbocycles. The molecule has 11 heteroatoms. The van der Waals surface area contributed by atoms with Crippen molar-refractivity contribution in [3.05, 3.63) is 59.5 Å². The number of carbonyl (C=O) groups excluding carboxylic acids is 1. The van der Waals surface area contributed by atoms with E-state index < -0.39 is 12.1 Å². The van der Waals surface area contributed by atoms with E-state index in [1.807, 2.05) is 12.1 Å². The highest BCUT2D eigenvalue weighted by Crippen LogP contribution is 2.43. The maximum Gasteiger partial charge on any atom is 0.413 e. The highest BCUT2D eigenvalue weighted by atomic mass is 32.1. The maximum absolute atomic E-state index is 11.7. The summed E-state index contributed by atoms with van der Waals surface area (Å²) in [7, 11) is 7.55. The number of nitrogens with one attached hydrogen (secondary N) is 1. The largest absolute Gasteiger partial charge is 0.478 e. The van der Waals surface area contributed by atoms with E-state index in [0.717, 1.165) is 33.1 Å². The van der Waals surface area contributed by atoms with Gasteiger partial charge in [0.1, 0.15) is 7.85 Å². The number of fused-ring (bicyclic) bond motifs is 3. The number of hydrogen-bond acceptors (Lipinski definition) is 7. The van der Waals surface area contributed by atoms with E-state index in [1.54, 1.807) is 23.1 Å². The molecule has 0 unspecified atom stereocenters. The number of hydrogen-bond donors (Lipinski definition) is 2. The molecule has 2 radical (unpaired) electrons. The van der Waals surface area contributed by atoms with Gasteiger partial charge in [-0.3, -0.25) is 10.3 Å². The number of amides is 1. The second kappa shape index (κ2) is 8.17. The summed E-state index contributed by atoms with van der Waals surface area (Å²) >= 11 is 1.32. The molecule has 3 heterocycles. The molecule has 9 nitrogen and oxygen atoms in total. The fraction of sp³-hybridized carbons (Fsp3) is 0.136. The third kappa shape index (κ3) is 3.66. The van der Waals surface area contributed by atoms with E-state index in [-0.39, 0.29) is 11.0 Å². The topological polar surface area (TPSA) is 119 Å². The van der Waals surface area contributed by atoms with Gasteiger partial charge in [-0.15, -0.1) is 0 Å². The van der Waals surface area contributed by atoms with Crippen molar-refractivity contribution in [3.8, 4) is 27.5 Å².